The average Bonchev–Trinajstić information content (AvgIpc) is 2.10. The maximum Gasteiger partial charge on any atom is 0.0110 e. The molecule has 0 bridgehead atoms. The Balaban J connectivity index is 1.70. The smallest absolute Gasteiger partial charge is 0.0110 e. The van der Waals surface area contributed by atoms with Crippen molar-refractivity contribution in [2.24, 2.45) is 11.7 Å². The zero-order valence-electron chi connectivity index (χ0n) is 9.41. The van der Waals surface area contributed by atoms with Gasteiger partial charge in [0, 0.05) is 25.2 Å². The van der Waals surface area contributed by atoms with E-state index in [-0.39, 0.29) is 0 Å². The van der Waals surface area contributed by atoms with E-state index < -0.39 is 0 Å². The van der Waals surface area contributed by atoms with Gasteiger partial charge in [0.2, 0.25) is 0 Å². The van der Waals surface area contributed by atoms with Gasteiger partial charge in [-0.1, -0.05) is 19.8 Å². The molecule has 0 amide bonds. The lowest BCUT2D eigenvalue weighted by Crippen LogP contribution is -2.54. The van der Waals surface area contributed by atoms with Gasteiger partial charge in [0.15, 0.2) is 0 Å². The van der Waals surface area contributed by atoms with E-state index in [0.717, 1.165) is 12.0 Å². The van der Waals surface area contributed by atoms with E-state index in [2.05, 4.69) is 11.8 Å². The van der Waals surface area contributed by atoms with Crippen LogP contribution in [0.1, 0.15) is 45.4 Å². The van der Waals surface area contributed by atoms with E-state index in [1.165, 1.54) is 51.6 Å². The largest absolute Gasteiger partial charge is 0.328 e. The molecule has 2 rings (SSSR count). The topological polar surface area (TPSA) is 29.3 Å². The van der Waals surface area contributed by atoms with Crippen LogP contribution in [-0.2, 0) is 0 Å². The summed E-state index contributed by atoms with van der Waals surface area (Å²) >= 11 is 0. The first-order valence-electron chi connectivity index (χ1n) is 6.29. The Kier molecular flexibility index (Phi) is 3.45. The zero-order valence-corrected chi connectivity index (χ0v) is 9.41. The van der Waals surface area contributed by atoms with Crippen molar-refractivity contribution in [3.63, 3.8) is 0 Å². The number of rotatable bonds is 3. The number of nitrogens with two attached hydrogens (primary N) is 1. The van der Waals surface area contributed by atoms with Crippen LogP contribution in [0.25, 0.3) is 0 Å². The highest BCUT2D eigenvalue weighted by Crippen LogP contribution is 2.29. The summed E-state index contributed by atoms with van der Waals surface area (Å²) in [5.41, 5.74) is 6.01. The number of hydrogen-bond donors (Lipinski definition) is 1. The molecule has 2 nitrogen and oxygen atoms in total. The average molecular weight is 196 g/mol. The Bertz CT molecular complexity index is 175. The van der Waals surface area contributed by atoms with Gasteiger partial charge in [-0.25, -0.2) is 0 Å². The Morgan fingerprint density at radius 1 is 1.29 bits per heavy atom. The van der Waals surface area contributed by atoms with Crippen LogP contribution in [0.3, 0.4) is 0 Å². The molecular weight excluding hydrogens is 172 g/mol. The standard InChI is InChI=1S/C12H24N2/c1-2-4-10-8-14(9-10)12-6-3-5-11(13)7-12/h10-12H,2-9,13H2,1H3. The molecule has 2 fully saturated rings. The molecule has 2 unspecified atom stereocenters. The summed E-state index contributed by atoms with van der Waals surface area (Å²) in [5, 5.41) is 0. The summed E-state index contributed by atoms with van der Waals surface area (Å²) in [7, 11) is 0. The maximum atomic E-state index is 6.01. The minimum atomic E-state index is 0.485. The number of likely N-dealkylation sites (tertiary alicyclic amines) is 1. The predicted molar refractivity (Wildman–Crippen MR) is 60.2 cm³/mol. The van der Waals surface area contributed by atoms with E-state index in [1.807, 2.05) is 0 Å². The van der Waals surface area contributed by atoms with Crippen LogP contribution >= 0.6 is 0 Å². The van der Waals surface area contributed by atoms with Gasteiger partial charge in [-0.3, -0.25) is 4.90 Å². The van der Waals surface area contributed by atoms with E-state index in [1.54, 1.807) is 0 Å². The second-order valence-electron chi connectivity index (χ2n) is 5.19. The van der Waals surface area contributed by atoms with E-state index >= 15 is 0 Å². The maximum absolute atomic E-state index is 6.01. The SMILES string of the molecule is CCCC1CN(C2CCCC(N)C2)C1. The third-order valence-electron chi connectivity index (χ3n) is 3.89. The molecule has 1 saturated heterocycles. The van der Waals surface area contributed by atoms with Crippen LogP contribution in [0, 0.1) is 5.92 Å². The lowest BCUT2D eigenvalue weighted by molar-refractivity contribution is 0.0278. The molecule has 14 heavy (non-hydrogen) atoms. The normalized spacial score (nSPS) is 35.6. The molecular formula is C12H24N2. The van der Waals surface area contributed by atoms with Crippen molar-refractivity contribution in [1.82, 2.24) is 4.90 Å². The predicted octanol–water partition coefficient (Wildman–Crippen LogP) is 1.99. The molecule has 0 aromatic rings. The third kappa shape index (κ3) is 2.29. The van der Waals surface area contributed by atoms with Crippen LogP contribution in [0.5, 0.6) is 0 Å². The first kappa shape index (κ1) is 10.4. The van der Waals surface area contributed by atoms with E-state index in [4.69, 9.17) is 5.73 Å². The Morgan fingerprint density at radius 2 is 2.07 bits per heavy atom. The molecule has 2 atom stereocenters. The summed E-state index contributed by atoms with van der Waals surface area (Å²) in [5.74, 6) is 0.998. The van der Waals surface area contributed by atoms with Gasteiger partial charge >= 0.3 is 0 Å². The summed E-state index contributed by atoms with van der Waals surface area (Å²) in [6.45, 7) is 5.00. The van der Waals surface area contributed by atoms with Crippen LogP contribution in [0.15, 0.2) is 0 Å². The molecule has 0 aromatic carbocycles. The molecule has 0 spiro atoms. The zero-order chi connectivity index (χ0) is 9.97. The van der Waals surface area contributed by atoms with Crippen molar-refractivity contribution in [1.29, 1.82) is 0 Å². The van der Waals surface area contributed by atoms with Gasteiger partial charge in [0.1, 0.15) is 0 Å². The van der Waals surface area contributed by atoms with Crippen molar-refractivity contribution in [2.45, 2.75) is 57.5 Å². The molecule has 2 heteroatoms. The monoisotopic (exact) mass is 196 g/mol. The Morgan fingerprint density at radius 3 is 2.71 bits per heavy atom. The van der Waals surface area contributed by atoms with E-state index in [0.29, 0.717) is 6.04 Å². The van der Waals surface area contributed by atoms with Crippen molar-refractivity contribution < 1.29 is 0 Å². The molecule has 0 aromatic heterocycles. The highest BCUT2D eigenvalue weighted by molar-refractivity contribution is 4.89. The quantitative estimate of drug-likeness (QED) is 0.748. The molecule has 1 aliphatic heterocycles. The van der Waals surface area contributed by atoms with Gasteiger partial charge < -0.3 is 5.73 Å². The summed E-state index contributed by atoms with van der Waals surface area (Å²) in [6.07, 6.45) is 8.02. The second-order valence-corrected chi connectivity index (χ2v) is 5.19. The second kappa shape index (κ2) is 4.63. The van der Waals surface area contributed by atoms with Crippen molar-refractivity contribution in [3.05, 3.63) is 0 Å². The lowest BCUT2D eigenvalue weighted by atomic mass is 9.85. The summed E-state index contributed by atoms with van der Waals surface area (Å²) < 4.78 is 0. The molecule has 1 heterocycles. The highest BCUT2D eigenvalue weighted by Gasteiger charge is 2.33. The minimum Gasteiger partial charge on any atom is -0.328 e. The third-order valence-corrected chi connectivity index (χ3v) is 3.89. The van der Waals surface area contributed by atoms with Crippen molar-refractivity contribution >= 4 is 0 Å². The fourth-order valence-electron chi connectivity index (χ4n) is 3.03. The molecule has 1 aliphatic carbocycles. The van der Waals surface area contributed by atoms with Gasteiger partial charge in [0.25, 0.3) is 0 Å². The minimum absolute atomic E-state index is 0.485. The summed E-state index contributed by atoms with van der Waals surface area (Å²) in [4.78, 5) is 2.67. The molecule has 2 aliphatic rings. The van der Waals surface area contributed by atoms with Crippen LogP contribution in [0.2, 0.25) is 0 Å². The van der Waals surface area contributed by atoms with E-state index in [9.17, 15) is 0 Å². The van der Waals surface area contributed by atoms with Crippen molar-refractivity contribution in [2.75, 3.05) is 13.1 Å². The molecule has 2 N–H and O–H groups in total. The fourth-order valence-corrected chi connectivity index (χ4v) is 3.03. The first-order valence-corrected chi connectivity index (χ1v) is 6.29. The van der Waals surface area contributed by atoms with Crippen LogP contribution in [0.4, 0.5) is 0 Å². The summed E-state index contributed by atoms with van der Waals surface area (Å²) in [6, 6.07) is 1.31. The number of nitrogens with zero attached hydrogens (tertiary/aromatic N) is 1. The Hall–Kier alpha value is -0.0800. The molecule has 0 radical (unpaired) electrons. The molecule has 1 saturated carbocycles. The lowest BCUT2D eigenvalue weighted by Gasteiger charge is -2.46. The van der Waals surface area contributed by atoms with Gasteiger partial charge in [-0.2, -0.15) is 0 Å². The highest BCUT2D eigenvalue weighted by atomic mass is 15.2. The van der Waals surface area contributed by atoms with Gasteiger partial charge in [-0.15, -0.1) is 0 Å². The molecule has 82 valence electrons. The van der Waals surface area contributed by atoms with Crippen LogP contribution < -0.4 is 5.73 Å². The van der Waals surface area contributed by atoms with Gasteiger partial charge in [-0.05, 0) is 31.6 Å². The Labute approximate surface area is 87.8 Å². The van der Waals surface area contributed by atoms with Crippen LogP contribution in [-0.4, -0.2) is 30.1 Å². The van der Waals surface area contributed by atoms with Gasteiger partial charge in [0.05, 0.1) is 0 Å². The first-order chi connectivity index (χ1) is 6.79. The fraction of sp³-hybridized carbons (Fsp3) is 1.00. The number of hydrogen-bond acceptors (Lipinski definition) is 2. The van der Waals surface area contributed by atoms with Crippen molar-refractivity contribution in [3.8, 4) is 0 Å².